The Morgan fingerprint density at radius 3 is 2.56 bits per heavy atom. The van der Waals surface area contributed by atoms with Gasteiger partial charge < -0.3 is 10.0 Å². The van der Waals surface area contributed by atoms with E-state index in [1.165, 1.54) is 11.3 Å². The van der Waals surface area contributed by atoms with Crippen molar-refractivity contribution in [3.05, 3.63) is 29.8 Å². The molecule has 0 aromatic heterocycles. The quantitative estimate of drug-likeness (QED) is 0.892. The Morgan fingerprint density at radius 1 is 1.39 bits per heavy atom. The number of hydrogen-bond donors (Lipinski definition) is 1. The third kappa shape index (κ3) is 1.88. The molecule has 1 heterocycles. The molecule has 0 amide bonds. The van der Waals surface area contributed by atoms with Gasteiger partial charge in [0.05, 0.1) is 5.41 Å². The van der Waals surface area contributed by atoms with E-state index in [4.69, 9.17) is 0 Å². The highest BCUT2D eigenvalue weighted by Gasteiger charge is 2.43. The molecule has 98 valence electrons. The van der Waals surface area contributed by atoms with Gasteiger partial charge in [-0.1, -0.05) is 18.2 Å². The smallest absolute Gasteiger partial charge is 0.309 e. The highest BCUT2D eigenvalue weighted by atomic mass is 16.4. The third-order valence-corrected chi connectivity index (χ3v) is 4.05. The minimum atomic E-state index is -0.736. The van der Waals surface area contributed by atoms with Crippen LogP contribution in [0.3, 0.4) is 0 Å². The van der Waals surface area contributed by atoms with E-state index in [2.05, 4.69) is 30.9 Å². The number of para-hydroxylation sites is 1. The number of fused-ring (bicyclic) bond motifs is 1. The SMILES string of the molecule is CC(C)N1CC(C(C)(C)C(=O)O)c2ccccc21. The van der Waals surface area contributed by atoms with Crippen LogP contribution in [0.4, 0.5) is 5.69 Å². The van der Waals surface area contributed by atoms with Gasteiger partial charge in [-0.25, -0.2) is 0 Å². The lowest BCUT2D eigenvalue weighted by molar-refractivity contribution is -0.148. The van der Waals surface area contributed by atoms with Gasteiger partial charge in [0.25, 0.3) is 0 Å². The van der Waals surface area contributed by atoms with Crippen molar-refractivity contribution in [3.8, 4) is 0 Å². The van der Waals surface area contributed by atoms with Crippen LogP contribution < -0.4 is 4.90 Å². The van der Waals surface area contributed by atoms with E-state index >= 15 is 0 Å². The zero-order valence-corrected chi connectivity index (χ0v) is 11.5. The molecule has 1 aromatic rings. The maximum atomic E-state index is 11.5. The van der Waals surface area contributed by atoms with Crippen LogP contribution in [-0.2, 0) is 4.79 Å². The van der Waals surface area contributed by atoms with Gasteiger partial charge in [-0.05, 0) is 39.3 Å². The number of carboxylic acid groups (broad SMARTS) is 1. The van der Waals surface area contributed by atoms with Crippen LogP contribution in [0.25, 0.3) is 0 Å². The molecule has 0 saturated carbocycles. The number of benzene rings is 1. The standard InChI is InChI=1S/C15H21NO2/c1-10(2)16-9-12(15(3,4)14(17)18)11-7-5-6-8-13(11)16/h5-8,10,12H,9H2,1-4H3,(H,17,18). The first-order chi connectivity index (χ1) is 8.35. The molecule has 0 radical (unpaired) electrons. The second-order valence-electron chi connectivity index (χ2n) is 5.88. The zero-order valence-electron chi connectivity index (χ0n) is 11.5. The number of anilines is 1. The Kier molecular flexibility index (Phi) is 3.09. The summed E-state index contributed by atoms with van der Waals surface area (Å²) in [6, 6.07) is 8.55. The summed E-state index contributed by atoms with van der Waals surface area (Å²) in [5, 5.41) is 9.43. The van der Waals surface area contributed by atoms with Crippen LogP contribution in [-0.4, -0.2) is 23.7 Å². The molecule has 0 fully saturated rings. The minimum Gasteiger partial charge on any atom is -0.481 e. The topological polar surface area (TPSA) is 40.5 Å². The molecule has 1 aliphatic rings. The van der Waals surface area contributed by atoms with Crippen molar-refractivity contribution in [2.75, 3.05) is 11.4 Å². The van der Waals surface area contributed by atoms with Crippen molar-refractivity contribution < 1.29 is 9.90 Å². The molecule has 0 bridgehead atoms. The maximum Gasteiger partial charge on any atom is 0.309 e. The molecule has 2 rings (SSSR count). The van der Waals surface area contributed by atoms with E-state index in [0.717, 1.165) is 6.54 Å². The molecule has 3 nitrogen and oxygen atoms in total. The predicted octanol–water partition coefficient (Wildman–Crippen LogP) is 3.11. The second kappa shape index (κ2) is 4.30. The number of carboxylic acids is 1. The Hall–Kier alpha value is -1.51. The van der Waals surface area contributed by atoms with E-state index in [9.17, 15) is 9.90 Å². The Bertz CT molecular complexity index is 465. The maximum absolute atomic E-state index is 11.5. The van der Waals surface area contributed by atoms with Crippen LogP contribution in [0.1, 0.15) is 39.2 Å². The molecule has 3 heteroatoms. The summed E-state index contributed by atoms with van der Waals surface area (Å²) >= 11 is 0. The van der Waals surface area contributed by atoms with Gasteiger partial charge in [-0.2, -0.15) is 0 Å². The molecule has 0 spiro atoms. The van der Waals surface area contributed by atoms with E-state index in [-0.39, 0.29) is 5.92 Å². The van der Waals surface area contributed by atoms with Gasteiger partial charge in [0.2, 0.25) is 0 Å². The van der Waals surface area contributed by atoms with Gasteiger partial charge in [-0.3, -0.25) is 4.79 Å². The number of carbonyl (C=O) groups is 1. The van der Waals surface area contributed by atoms with E-state index < -0.39 is 11.4 Å². The summed E-state index contributed by atoms with van der Waals surface area (Å²) in [4.78, 5) is 13.8. The van der Waals surface area contributed by atoms with Gasteiger partial charge in [-0.15, -0.1) is 0 Å². The van der Waals surface area contributed by atoms with Crippen LogP contribution in [0.5, 0.6) is 0 Å². The Balaban J connectivity index is 2.46. The van der Waals surface area contributed by atoms with E-state index in [1.54, 1.807) is 0 Å². The van der Waals surface area contributed by atoms with Crippen molar-refractivity contribution in [3.63, 3.8) is 0 Å². The molecule has 0 aliphatic carbocycles. The molecule has 1 unspecified atom stereocenters. The van der Waals surface area contributed by atoms with Crippen LogP contribution in [0.15, 0.2) is 24.3 Å². The summed E-state index contributed by atoms with van der Waals surface area (Å²) in [7, 11) is 0. The third-order valence-electron chi connectivity index (χ3n) is 4.05. The first-order valence-corrected chi connectivity index (χ1v) is 6.44. The fraction of sp³-hybridized carbons (Fsp3) is 0.533. The molecule has 18 heavy (non-hydrogen) atoms. The molecule has 1 N–H and O–H groups in total. The number of nitrogens with zero attached hydrogens (tertiary/aromatic N) is 1. The average Bonchev–Trinajstić information content (AvgIpc) is 2.68. The predicted molar refractivity (Wildman–Crippen MR) is 73.1 cm³/mol. The average molecular weight is 247 g/mol. The Morgan fingerprint density at radius 2 is 2.00 bits per heavy atom. The molecule has 1 aromatic carbocycles. The Labute approximate surface area is 108 Å². The molecular formula is C15H21NO2. The van der Waals surface area contributed by atoms with E-state index in [1.807, 2.05) is 26.0 Å². The van der Waals surface area contributed by atoms with E-state index in [0.29, 0.717) is 6.04 Å². The fourth-order valence-electron chi connectivity index (χ4n) is 2.69. The highest BCUT2D eigenvalue weighted by Crippen LogP contribution is 2.46. The number of hydrogen-bond acceptors (Lipinski definition) is 2. The monoisotopic (exact) mass is 247 g/mol. The van der Waals surface area contributed by atoms with Crippen LogP contribution in [0.2, 0.25) is 0 Å². The normalized spacial score (nSPS) is 19.2. The molecule has 1 atom stereocenters. The van der Waals surface area contributed by atoms with Crippen LogP contribution >= 0.6 is 0 Å². The summed E-state index contributed by atoms with van der Waals surface area (Å²) in [5.41, 5.74) is 1.62. The largest absolute Gasteiger partial charge is 0.481 e. The first-order valence-electron chi connectivity index (χ1n) is 6.44. The zero-order chi connectivity index (χ0) is 13.5. The molecular weight excluding hydrogens is 226 g/mol. The highest BCUT2D eigenvalue weighted by molar-refractivity contribution is 5.77. The van der Waals surface area contributed by atoms with Crippen molar-refractivity contribution >= 4 is 11.7 Å². The fourth-order valence-corrected chi connectivity index (χ4v) is 2.69. The molecule has 0 saturated heterocycles. The summed E-state index contributed by atoms with van der Waals surface area (Å²) in [6.45, 7) is 8.72. The van der Waals surface area contributed by atoms with Crippen molar-refractivity contribution in [2.45, 2.75) is 39.7 Å². The number of aliphatic carboxylic acids is 1. The van der Waals surface area contributed by atoms with Gasteiger partial charge in [0.1, 0.15) is 0 Å². The second-order valence-corrected chi connectivity index (χ2v) is 5.88. The van der Waals surface area contributed by atoms with Crippen molar-refractivity contribution in [2.24, 2.45) is 5.41 Å². The summed E-state index contributed by atoms with van der Waals surface area (Å²) in [5.74, 6) is -0.679. The first kappa shape index (κ1) is 12.9. The van der Waals surface area contributed by atoms with Gasteiger partial charge in [0, 0.05) is 24.2 Å². The minimum absolute atomic E-state index is 0.0496. The lowest BCUT2D eigenvalue weighted by Gasteiger charge is -2.29. The number of rotatable bonds is 3. The van der Waals surface area contributed by atoms with Crippen LogP contribution in [0, 0.1) is 5.41 Å². The summed E-state index contributed by atoms with van der Waals surface area (Å²) in [6.07, 6.45) is 0. The van der Waals surface area contributed by atoms with Crippen molar-refractivity contribution in [1.82, 2.24) is 0 Å². The van der Waals surface area contributed by atoms with Gasteiger partial charge in [0.15, 0.2) is 0 Å². The van der Waals surface area contributed by atoms with Crippen molar-refractivity contribution in [1.29, 1.82) is 0 Å². The lowest BCUT2D eigenvalue weighted by atomic mass is 9.76. The molecule has 1 aliphatic heterocycles. The summed E-state index contributed by atoms with van der Waals surface area (Å²) < 4.78 is 0. The van der Waals surface area contributed by atoms with Gasteiger partial charge >= 0.3 is 5.97 Å². The lowest BCUT2D eigenvalue weighted by Crippen LogP contribution is -2.36.